The molecular formula is C45H53Cl2N5O3. The molecule has 10 heteroatoms. The van der Waals surface area contributed by atoms with E-state index in [4.69, 9.17) is 37.9 Å². The average molecular weight is 783 g/mol. The van der Waals surface area contributed by atoms with Gasteiger partial charge in [0.25, 0.3) is 0 Å². The summed E-state index contributed by atoms with van der Waals surface area (Å²) in [6.07, 6.45) is 3.58. The zero-order valence-electron chi connectivity index (χ0n) is 33.2. The number of pyridine rings is 1. The van der Waals surface area contributed by atoms with Crippen molar-refractivity contribution < 1.29 is 14.3 Å². The lowest BCUT2D eigenvalue weighted by Gasteiger charge is -2.47. The number of hydrogen-bond donors (Lipinski definition) is 1. The SMILES string of the molecule is CCOc1cc(C(C)(C)C)ncc1C1=N[C@@](C)(c2ccc(Cl)cc2)[C@@](C)(c2ccc(Cl)cc2)N1C(=O)N1CCC(CC(=O)Nc2ccc(C(C)C)cc2)CC1. The van der Waals surface area contributed by atoms with Crippen molar-refractivity contribution in [1.82, 2.24) is 14.8 Å². The molecule has 3 heterocycles. The van der Waals surface area contributed by atoms with Crippen LogP contribution in [0.1, 0.15) is 109 Å². The van der Waals surface area contributed by atoms with Crippen molar-refractivity contribution in [3.63, 3.8) is 0 Å². The lowest BCUT2D eigenvalue weighted by molar-refractivity contribution is -0.117. The Hall–Kier alpha value is -4.40. The molecule has 2 aliphatic rings. The van der Waals surface area contributed by atoms with Gasteiger partial charge in [0.2, 0.25) is 5.91 Å². The van der Waals surface area contributed by atoms with Gasteiger partial charge in [0.05, 0.1) is 12.2 Å². The maximum atomic E-state index is 15.3. The van der Waals surface area contributed by atoms with E-state index in [1.807, 2.05) is 83.5 Å². The summed E-state index contributed by atoms with van der Waals surface area (Å²) in [4.78, 5) is 42.6. The smallest absolute Gasteiger partial charge is 0.326 e. The van der Waals surface area contributed by atoms with E-state index >= 15 is 4.79 Å². The molecule has 0 saturated carbocycles. The number of aromatic nitrogens is 1. The van der Waals surface area contributed by atoms with E-state index in [1.54, 1.807) is 6.20 Å². The Morgan fingerprint density at radius 3 is 2.04 bits per heavy atom. The third-order valence-electron chi connectivity index (χ3n) is 11.3. The minimum atomic E-state index is -1.04. The Bertz CT molecular complexity index is 2030. The number of ether oxygens (including phenoxy) is 1. The third-order valence-corrected chi connectivity index (χ3v) is 11.8. The van der Waals surface area contributed by atoms with Gasteiger partial charge < -0.3 is 15.0 Å². The van der Waals surface area contributed by atoms with Crippen molar-refractivity contribution >= 4 is 46.7 Å². The highest BCUT2D eigenvalue weighted by Crippen LogP contribution is 2.54. The number of nitrogens with one attached hydrogen (secondary N) is 1. The highest BCUT2D eigenvalue weighted by atomic mass is 35.5. The molecule has 0 aliphatic carbocycles. The molecule has 1 saturated heterocycles. The number of amides is 3. The van der Waals surface area contributed by atoms with Gasteiger partial charge in [0, 0.05) is 58.6 Å². The Balaban J connectivity index is 1.37. The molecule has 8 nitrogen and oxygen atoms in total. The molecule has 0 radical (unpaired) electrons. The van der Waals surface area contributed by atoms with Crippen LogP contribution in [-0.2, 0) is 21.3 Å². The second-order valence-electron chi connectivity index (χ2n) is 16.4. The molecule has 1 aromatic heterocycles. The number of anilines is 1. The van der Waals surface area contributed by atoms with Gasteiger partial charge in [-0.05, 0) is 98.5 Å². The van der Waals surface area contributed by atoms with Crippen LogP contribution in [0.5, 0.6) is 5.75 Å². The van der Waals surface area contributed by atoms with E-state index in [-0.39, 0.29) is 23.3 Å². The molecule has 0 unspecified atom stereocenters. The van der Waals surface area contributed by atoms with Crippen LogP contribution < -0.4 is 10.1 Å². The van der Waals surface area contributed by atoms with E-state index in [9.17, 15) is 4.79 Å². The van der Waals surface area contributed by atoms with Crippen LogP contribution in [0.4, 0.5) is 10.5 Å². The Labute approximate surface area is 336 Å². The van der Waals surface area contributed by atoms with Crippen LogP contribution in [0.25, 0.3) is 0 Å². The predicted octanol–water partition coefficient (Wildman–Crippen LogP) is 11.0. The first-order valence-electron chi connectivity index (χ1n) is 19.3. The van der Waals surface area contributed by atoms with Gasteiger partial charge in [-0.2, -0.15) is 0 Å². The van der Waals surface area contributed by atoms with Gasteiger partial charge in [0.15, 0.2) is 0 Å². The summed E-state index contributed by atoms with van der Waals surface area (Å²) in [5.41, 5.74) is 3.04. The number of hydrogen-bond acceptors (Lipinski definition) is 5. The molecule has 4 aromatic rings. The fraction of sp³-hybridized carbons (Fsp3) is 0.422. The van der Waals surface area contributed by atoms with Crippen LogP contribution in [0.2, 0.25) is 10.0 Å². The van der Waals surface area contributed by atoms with Crippen molar-refractivity contribution in [3.8, 4) is 5.75 Å². The highest BCUT2D eigenvalue weighted by molar-refractivity contribution is 6.30. The number of nitrogens with zero attached hydrogens (tertiary/aromatic N) is 4. The largest absolute Gasteiger partial charge is 0.493 e. The molecule has 2 atom stereocenters. The lowest BCUT2D eigenvalue weighted by atomic mass is 9.71. The Morgan fingerprint density at radius 2 is 1.49 bits per heavy atom. The molecule has 0 bridgehead atoms. The molecular weight excluding hydrogens is 729 g/mol. The quantitative estimate of drug-likeness (QED) is 0.183. The number of halogens is 2. The summed E-state index contributed by atoms with van der Waals surface area (Å²) in [7, 11) is 0. The summed E-state index contributed by atoms with van der Waals surface area (Å²) < 4.78 is 6.30. The number of likely N-dealkylation sites (tertiary alicyclic amines) is 1. The van der Waals surface area contributed by atoms with Crippen LogP contribution in [0, 0.1) is 5.92 Å². The van der Waals surface area contributed by atoms with Gasteiger partial charge in [-0.3, -0.25) is 19.7 Å². The van der Waals surface area contributed by atoms with E-state index in [1.165, 1.54) is 5.56 Å². The minimum Gasteiger partial charge on any atom is -0.493 e. The standard InChI is InChI=1S/C45H53Cl2N5O3/c1-9-55-38-27-39(43(4,5)6)48-28-37(38)41-50-44(7,32-12-16-34(46)17-13-32)45(8,33-14-18-35(47)19-15-33)52(41)42(54)51-24-22-30(23-25-51)26-40(53)49-36-20-10-31(11-21-36)29(2)3/h10-21,27-30H,9,22-26H2,1-8H3,(H,49,53)/t44-,45+/m0/s1. The molecule has 3 amide bonds. The average Bonchev–Trinajstić information content (AvgIpc) is 3.39. The maximum Gasteiger partial charge on any atom is 0.326 e. The second-order valence-corrected chi connectivity index (χ2v) is 17.3. The first kappa shape index (κ1) is 40.3. The molecule has 55 heavy (non-hydrogen) atoms. The first-order chi connectivity index (χ1) is 26.0. The number of piperidine rings is 1. The highest BCUT2D eigenvalue weighted by Gasteiger charge is 2.60. The zero-order chi connectivity index (χ0) is 39.7. The summed E-state index contributed by atoms with van der Waals surface area (Å²) in [6, 6.07) is 25.2. The number of benzene rings is 3. The third kappa shape index (κ3) is 8.13. The van der Waals surface area contributed by atoms with Crippen LogP contribution in [0.15, 0.2) is 90.1 Å². The topological polar surface area (TPSA) is 87.1 Å². The van der Waals surface area contributed by atoms with Crippen molar-refractivity contribution in [2.45, 2.75) is 97.1 Å². The minimum absolute atomic E-state index is 0.0141. The molecule has 1 fully saturated rings. The summed E-state index contributed by atoms with van der Waals surface area (Å²) in [6.45, 7) is 18.1. The first-order valence-corrected chi connectivity index (χ1v) is 20.0. The van der Waals surface area contributed by atoms with Crippen molar-refractivity contribution in [2.24, 2.45) is 10.9 Å². The monoisotopic (exact) mass is 781 g/mol. The summed E-state index contributed by atoms with van der Waals surface area (Å²) in [5.74, 6) is 1.64. The molecule has 1 N–H and O–H groups in total. The number of aliphatic imine (C=N–C) groups is 1. The number of carbonyl (C=O) groups excluding carboxylic acids is 2. The van der Waals surface area contributed by atoms with E-state index < -0.39 is 11.1 Å². The van der Waals surface area contributed by atoms with Crippen molar-refractivity contribution in [2.75, 3.05) is 25.0 Å². The van der Waals surface area contributed by atoms with Gasteiger partial charge in [-0.25, -0.2) is 4.79 Å². The van der Waals surface area contributed by atoms with Gasteiger partial charge >= 0.3 is 6.03 Å². The zero-order valence-corrected chi connectivity index (χ0v) is 34.8. The summed E-state index contributed by atoms with van der Waals surface area (Å²) in [5, 5.41) is 4.27. The normalized spacial score (nSPS) is 20.5. The second kappa shape index (κ2) is 16.0. The van der Waals surface area contributed by atoms with Crippen LogP contribution >= 0.6 is 23.2 Å². The maximum absolute atomic E-state index is 15.3. The predicted molar refractivity (Wildman–Crippen MR) is 224 cm³/mol. The van der Waals surface area contributed by atoms with Crippen molar-refractivity contribution in [1.29, 1.82) is 0 Å². The fourth-order valence-electron chi connectivity index (χ4n) is 7.75. The van der Waals surface area contributed by atoms with Gasteiger partial charge in [0.1, 0.15) is 22.7 Å². The number of urea groups is 1. The molecule has 0 spiro atoms. The van der Waals surface area contributed by atoms with Crippen LogP contribution in [0.3, 0.4) is 0 Å². The fourth-order valence-corrected chi connectivity index (χ4v) is 8.00. The molecule has 6 rings (SSSR count). The van der Waals surface area contributed by atoms with Crippen molar-refractivity contribution in [3.05, 3.63) is 123 Å². The van der Waals surface area contributed by atoms with Gasteiger partial charge in [-0.1, -0.05) is 94.2 Å². The summed E-state index contributed by atoms with van der Waals surface area (Å²) >= 11 is 12.9. The number of carbonyl (C=O) groups is 2. The van der Waals surface area contributed by atoms with Gasteiger partial charge in [-0.15, -0.1) is 0 Å². The molecule has 290 valence electrons. The number of rotatable bonds is 9. The number of amidine groups is 1. The van der Waals surface area contributed by atoms with Crippen LogP contribution in [-0.4, -0.2) is 52.3 Å². The lowest BCUT2D eigenvalue weighted by Crippen LogP contribution is -2.59. The van der Waals surface area contributed by atoms with E-state index in [2.05, 4.69) is 65.9 Å². The Morgan fingerprint density at radius 1 is 0.909 bits per heavy atom. The van der Waals surface area contributed by atoms with E-state index in [0.717, 1.165) is 22.5 Å². The Kier molecular flexibility index (Phi) is 11.7. The molecule has 3 aromatic carbocycles. The van der Waals surface area contributed by atoms with E-state index in [0.29, 0.717) is 72.1 Å². The molecule has 2 aliphatic heterocycles.